The molecule has 0 aliphatic rings. The predicted molar refractivity (Wildman–Crippen MR) is 114 cm³/mol. The molecule has 6 heteroatoms. The van der Waals surface area contributed by atoms with E-state index in [4.69, 9.17) is 4.98 Å². The van der Waals surface area contributed by atoms with Gasteiger partial charge in [-0.15, -0.1) is 0 Å². The molecule has 5 nitrogen and oxygen atoms in total. The van der Waals surface area contributed by atoms with Crippen molar-refractivity contribution in [2.24, 2.45) is 0 Å². The zero-order valence-electron chi connectivity index (χ0n) is 16.0. The van der Waals surface area contributed by atoms with Crippen LogP contribution in [0.4, 0.5) is 5.13 Å². The quantitative estimate of drug-likeness (QED) is 0.469. The topological polar surface area (TPSA) is 51.0 Å². The molecule has 28 heavy (non-hydrogen) atoms. The molecule has 142 valence electrons. The molecule has 0 N–H and O–H groups in total. The molecule has 0 saturated heterocycles. The van der Waals surface area contributed by atoms with E-state index in [1.807, 2.05) is 43.3 Å². The molecular formula is C22H22N4OS. The third-order valence-corrected chi connectivity index (χ3v) is 5.79. The number of aryl methyl sites for hydroxylation is 2. The first-order chi connectivity index (χ1) is 13.7. The number of amides is 1. The molecule has 0 saturated carbocycles. The van der Waals surface area contributed by atoms with Crippen LogP contribution in [0.5, 0.6) is 0 Å². The highest BCUT2D eigenvalue weighted by Gasteiger charge is 2.24. The number of anilines is 1. The van der Waals surface area contributed by atoms with Gasteiger partial charge in [-0.3, -0.25) is 14.4 Å². The van der Waals surface area contributed by atoms with E-state index >= 15 is 0 Å². The van der Waals surface area contributed by atoms with Crippen LogP contribution in [0.2, 0.25) is 0 Å². The van der Waals surface area contributed by atoms with E-state index in [1.165, 1.54) is 5.56 Å². The first-order valence-corrected chi connectivity index (χ1v) is 10.3. The molecule has 4 aromatic rings. The van der Waals surface area contributed by atoms with E-state index in [1.54, 1.807) is 33.2 Å². The van der Waals surface area contributed by atoms with Crippen LogP contribution in [0.15, 0.2) is 60.8 Å². The highest BCUT2D eigenvalue weighted by Crippen LogP contribution is 2.31. The van der Waals surface area contributed by atoms with Crippen molar-refractivity contribution in [1.29, 1.82) is 0 Å². The average molecular weight is 391 g/mol. The lowest BCUT2D eigenvalue weighted by atomic mass is 10.2. The number of aromatic nitrogens is 3. The predicted octanol–water partition coefficient (Wildman–Crippen LogP) is 4.92. The third-order valence-electron chi connectivity index (χ3n) is 4.74. The van der Waals surface area contributed by atoms with Crippen molar-refractivity contribution in [3.63, 3.8) is 0 Å². The summed E-state index contributed by atoms with van der Waals surface area (Å²) < 4.78 is 2.83. The van der Waals surface area contributed by atoms with E-state index in [2.05, 4.69) is 24.2 Å². The van der Waals surface area contributed by atoms with Crippen LogP contribution in [0.3, 0.4) is 0 Å². The summed E-state index contributed by atoms with van der Waals surface area (Å²) in [4.78, 5) is 19.9. The SMILES string of the molecule is CCc1ccc2nc(N(Cc3ccccc3)C(=O)c3ccnn3CC)sc2c1. The van der Waals surface area contributed by atoms with Gasteiger partial charge in [0.15, 0.2) is 5.13 Å². The van der Waals surface area contributed by atoms with Gasteiger partial charge in [0.1, 0.15) is 5.69 Å². The number of thiazole rings is 1. The Labute approximate surface area is 168 Å². The Kier molecular flexibility index (Phi) is 5.21. The van der Waals surface area contributed by atoms with Crippen LogP contribution < -0.4 is 4.90 Å². The molecule has 2 heterocycles. The lowest BCUT2D eigenvalue weighted by Gasteiger charge is -2.20. The van der Waals surface area contributed by atoms with Gasteiger partial charge in [-0.2, -0.15) is 5.10 Å². The molecule has 0 fully saturated rings. The zero-order chi connectivity index (χ0) is 19.5. The van der Waals surface area contributed by atoms with E-state index in [0.717, 1.165) is 22.2 Å². The molecule has 1 amide bonds. The van der Waals surface area contributed by atoms with Gasteiger partial charge in [0.25, 0.3) is 5.91 Å². The van der Waals surface area contributed by atoms with E-state index in [0.29, 0.717) is 23.9 Å². The Bertz CT molecular complexity index is 1100. The lowest BCUT2D eigenvalue weighted by Crippen LogP contribution is -2.32. The summed E-state index contributed by atoms with van der Waals surface area (Å²) in [6, 6.07) is 18.1. The smallest absolute Gasteiger partial charge is 0.278 e. The molecule has 0 spiro atoms. The van der Waals surface area contributed by atoms with Crippen molar-refractivity contribution < 1.29 is 4.79 Å². The van der Waals surface area contributed by atoms with Crippen molar-refractivity contribution in [1.82, 2.24) is 14.8 Å². The van der Waals surface area contributed by atoms with Crippen molar-refractivity contribution in [3.05, 3.63) is 77.6 Å². The first kappa shape index (κ1) is 18.4. The van der Waals surface area contributed by atoms with Gasteiger partial charge in [-0.05, 0) is 42.7 Å². The summed E-state index contributed by atoms with van der Waals surface area (Å²) in [5.41, 5.74) is 3.83. The number of hydrogen-bond donors (Lipinski definition) is 0. The maximum absolute atomic E-state index is 13.4. The average Bonchev–Trinajstić information content (AvgIpc) is 3.38. The maximum atomic E-state index is 13.4. The van der Waals surface area contributed by atoms with Gasteiger partial charge in [0.2, 0.25) is 0 Å². The maximum Gasteiger partial charge on any atom is 0.278 e. The minimum absolute atomic E-state index is 0.0852. The second-order valence-electron chi connectivity index (χ2n) is 6.56. The molecule has 0 unspecified atom stereocenters. The second-order valence-corrected chi connectivity index (χ2v) is 7.57. The Morgan fingerprint density at radius 1 is 1.07 bits per heavy atom. The van der Waals surface area contributed by atoms with Gasteiger partial charge in [0.05, 0.1) is 16.8 Å². The first-order valence-electron chi connectivity index (χ1n) is 9.46. The fourth-order valence-electron chi connectivity index (χ4n) is 3.19. The number of hydrogen-bond acceptors (Lipinski definition) is 4. The van der Waals surface area contributed by atoms with Gasteiger partial charge >= 0.3 is 0 Å². The molecule has 0 aliphatic carbocycles. The summed E-state index contributed by atoms with van der Waals surface area (Å²) in [5, 5.41) is 4.97. The van der Waals surface area contributed by atoms with Crippen LogP contribution in [0, 0.1) is 0 Å². The highest BCUT2D eigenvalue weighted by atomic mass is 32.1. The van der Waals surface area contributed by atoms with Crippen LogP contribution in [-0.4, -0.2) is 20.7 Å². The van der Waals surface area contributed by atoms with Gasteiger partial charge in [0, 0.05) is 12.7 Å². The van der Waals surface area contributed by atoms with Crippen LogP contribution in [0.25, 0.3) is 10.2 Å². The van der Waals surface area contributed by atoms with Crippen LogP contribution in [0.1, 0.15) is 35.5 Å². The molecule has 2 aromatic heterocycles. The van der Waals surface area contributed by atoms with E-state index < -0.39 is 0 Å². The summed E-state index contributed by atoms with van der Waals surface area (Å²) in [5.74, 6) is -0.0852. The monoisotopic (exact) mass is 390 g/mol. The second kappa shape index (κ2) is 7.94. The summed E-state index contributed by atoms with van der Waals surface area (Å²) in [7, 11) is 0. The standard InChI is InChI=1S/C22H22N4OS/c1-3-16-10-11-18-20(14-16)28-22(24-18)25(15-17-8-6-5-7-9-17)21(27)19-12-13-23-26(19)4-2/h5-14H,3-4,15H2,1-2H3. The number of carbonyl (C=O) groups is 1. The highest BCUT2D eigenvalue weighted by molar-refractivity contribution is 7.22. The Morgan fingerprint density at radius 3 is 2.64 bits per heavy atom. The van der Waals surface area contributed by atoms with E-state index in [-0.39, 0.29) is 5.91 Å². The number of fused-ring (bicyclic) bond motifs is 1. The molecule has 2 aromatic carbocycles. The van der Waals surface area contributed by atoms with Gasteiger partial charge < -0.3 is 0 Å². The van der Waals surface area contributed by atoms with Crippen molar-refractivity contribution in [3.8, 4) is 0 Å². The normalized spacial score (nSPS) is 11.1. The summed E-state index contributed by atoms with van der Waals surface area (Å²) >= 11 is 1.56. The molecular weight excluding hydrogens is 368 g/mol. The Balaban J connectivity index is 1.77. The fourth-order valence-corrected chi connectivity index (χ4v) is 4.22. The van der Waals surface area contributed by atoms with Crippen molar-refractivity contribution in [2.75, 3.05) is 4.90 Å². The third kappa shape index (κ3) is 3.55. The zero-order valence-corrected chi connectivity index (χ0v) is 16.8. The molecule has 4 rings (SSSR count). The van der Waals surface area contributed by atoms with Crippen molar-refractivity contribution in [2.45, 2.75) is 33.4 Å². The molecule has 0 aliphatic heterocycles. The van der Waals surface area contributed by atoms with Crippen molar-refractivity contribution >= 4 is 32.6 Å². The molecule has 0 radical (unpaired) electrons. The number of nitrogens with zero attached hydrogens (tertiary/aromatic N) is 4. The lowest BCUT2D eigenvalue weighted by molar-refractivity contribution is 0.0975. The Hall–Kier alpha value is -2.99. The van der Waals surface area contributed by atoms with Crippen LogP contribution in [-0.2, 0) is 19.5 Å². The minimum Gasteiger partial charge on any atom is -0.278 e. The largest absolute Gasteiger partial charge is 0.278 e. The summed E-state index contributed by atoms with van der Waals surface area (Å²) in [6.45, 7) is 5.23. The van der Waals surface area contributed by atoms with E-state index in [9.17, 15) is 4.79 Å². The minimum atomic E-state index is -0.0852. The number of carbonyl (C=O) groups excluding carboxylic acids is 1. The number of benzene rings is 2. The molecule has 0 bridgehead atoms. The molecule has 0 atom stereocenters. The van der Waals surface area contributed by atoms with Gasteiger partial charge in [-0.1, -0.05) is 54.7 Å². The Morgan fingerprint density at radius 2 is 1.89 bits per heavy atom. The van der Waals surface area contributed by atoms with Crippen LogP contribution >= 0.6 is 11.3 Å². The summed E-state index contributed by atoms with van der Waals surface area (Å²) in [6.07, 6.45) is 2.65. The van der Waals surface area contributed by atoms with Gasteiger partial charge in [-0.25, -0.2) is 4.98 Å². The fraction of sp³-hybridized carbons (Fsp3) is 0.227. The number of rotatable bonds is 6.